The largest absolute Gasteiger partial charge is 0.597 e. The lowest BCUT2D eigenvalue weighted by Gasteiger charge is -2.23. The average Bonchev–Trinajstić information content (AvgIpc) is 2.47. The Morgan fingerprint density at radius 3 is 2.60 bits per heavy atom. The summed E-state index contributed by atoms with van der Waals surface area (Å²) in [5, 5.41) is 2.87. The molecule has 0 aliphatic rings. The number of rotatable bonds is 2. The van der Waals surface area contributed by atoms with Gasteiger partial charge in [0.1, 0.15) is 0 Å². The van der Waals surface area contributed by atoms with Gasteiger partial charge in [-0.05, 0) is 46.2 Å². The molecule has 0 aliphatic carbocycles. The Kier molecular flexibility index (Phi) is 3.14. The number of fused-ring (bicyclic) bond motifs is 3. The van der Waals surface area contributed by atoms with Gasteiger partial charge in [-0.2, -0.15) is 0 Å². The van der Waals surface area contributed by atoms with E-state index in [-0.39, 0.29) is 5.41 Å². The standard InChI is InChI=1S/C17H18O2P/c1-4-17(2,3)12-9-10-15-14(11-12)13-7-5-6-8-16(13)20(18)19-15/h5-11H,4H2,1-3H3/q+1. The molecule has 3 rings (SSSR count). The van der Waals surface area contributed by atoms with E-state index in [1.165, 1.54) is 5.56 Å². The molecule has 102 valence electrons. The fourth-order valence-corrected chi connectivity index (χ4v) is 3.48. The minimum atomic E-state index is -1.79. The Morgan fingerprint density at radius 2 is 1.85 bits per heavy atom. The van der Waals surface area contributed by atoms with Crippen molar-refractivity contribution in [2.24, 2.45) is 0 Å². The summed E-state index contributed by atoms with van der Waals surface area (Å²) in [6.45, 7) is 6.68. The maximum atomic E-state index is 12.1. The van der Waals surface area contributed by atoms with Crippen LogP contribution in [-0.2, 0) is 9.98 Å². The molecule has 0 fully saturated rings. The second-order valence-corrected chi connectivity index (χ2v) is 6.99. The van der Waals surface area contributed by atoms with Gasteiger partial charge in [-0.3, -0.25) is 0 Å². The molecule has 1 unspecified atom stereocenters. The molecule has 20 heavy (non-hydrogen) atoms. The maximum Gasteiger partial charge on any atom is 0.597 e. The van der Waals surface area contributed by atoms with Gasteiger partial charge in [0.05, 0.1) is 0 Å². The first kappa shape index (κ1) is 13.3. The predicted molar refractivity (Wildman–Crippen MR) is 84.6 cm³/mol. The molecular formula is C17H18O2P+. The lowest BCUT2D eigenvalue weighted by atomic mass is 9.82. The molecule has 1 aromatic heterocycles. The topological polar surface area (TPSA) is 30.2 Å². The molecule has 0 radical (unpaired) electrons. The van der Waals surface area contributed by atoms with Gasteiger partial charge < -0.3 is 0 Å². The van der Waals surface area contributed by atoms with Crippen molar-refractivity contribution in [2.45, 2.75) is 32.6 Å². The van der Waals surface area contributed by atoms with Crippen molar-refractivity contribution in [3.05, 3.63) is 48.0 Å². The third kappa shape index (κ3) is 2.05. The van der Waals surface area contributed by atoms with E-state index >= 15 is 0 Å². The van der Waals surface area contributed by atoms with E-state index in [9.17, 15) is 4.57 Å². The molecule has 0 amide bonds. The fraction of sp³-hybridized carbons (Fsp3) is 0.294. The summed E-state index contributed by atoms with van der Waals surface area (Å²) >= 11 is 0. The molecule has 3 heteroatoms. The van der Waals surface area contributed by atoms with Crippen LogP contribution in [0.5, 0.6) is 0 Å². The molecule has 0 saturated carbocycles. The Bertz CT molecular complexity index is 846. The molecule has 3 aromatic rings. The van der Waals surface area contributed by atoms with Crippen LogP contribution < -0.4 is 0 Å². The lowest BCUT2D eigenvalue weighted by molar-refractivity contribution is 0.506. The van der Waals surface area contributed by atoms with Gasteiger partial charge >= 0.3 is 7.65 Å². The molecular weight excluding hydrogens is 267 g/mol. The van der Waals surface area contributed by atoms with E-state index < -0.39 is 7.65 Å². The zero-order valence-electron chi connectivity index (χ0n) is 12.0. The van der Waals surface area contributed by atoms with E-state index in [1.807, 2.05) is 30.3 Å². The molecule has 1 heterocycles. The van der Waals surface area contributed by atoms with Gasteiger partial charge in [0.2, 0.25) is 5.12 Å². The summed E-state index contributed by atoms with van der Waals surface area (Å²) < 4.78 is 17.7. The summed E-state index contributed by atoms with van der Waals surface area (Å²) in [6.07, 6.45) is 1.07. The third-order valence-electron chi connectivity index (χ3n) is 4.22. The molecule has 0 spiro atoms. The summed E-state index contributed by atoms with van der Waals surface area (Å²) in [5.41, 5.74) is 2.14. The molecule has 2 nitrogen and oxygen atoms in total. The number of benzene rings is 2. The minimum Gasteiger partial charge on any atom is -0.250 e. The summed E-state index contributed by atoms with van der Waals surface area (Å²) in [4.78, 5) is 0. The minimum absolute atomic E-state index is 0.129. The van der Waals surface area contributed by atoms with E-state index in [0.29, 0.717) is 0 Å². The molecule has 0 bridgehead atoms. The fourth-order valence-electron chi connectivity index (χ4n) is 2.44. The van der Waals surface area contributed by atoms with Crippen molar-refractivity contribution in [3.8, 4) is 0 Å². The highest BCUT2D eigenvalue weighted by Crippen LogP contribution is 2.37. The maximum absolute atomic E-state index is 12.1. The van der Waals surface area contributed by atoms with Gasteiger partial charge in [-0.25, -0.2) is 4.20 Å². The van der Waals surface area contributed by atoms with Crippen LogP contribution in [0.15, 0.2) is 46.7 Å². The quantitative estimate of drug-likeness (QED) is 0.539. The third-order valence-corrected chi connectivity index (χ3v) is 5.36. The van der Waals surface area contributed by atoms with Crippen LogP contribution in [0.1, 0.15) is 32.8 Å². The van der Waals surface area contributed by atoms with E-state index in [1.54, 1.807) is 0 Å². The zero-order valence-corrected chi connectivity index (χ0v) is 12.9. The summed E-state index contributed by atoms with van der Waals surface area (Å²) in [7, 11) is -1.79. The summed E-state index contributed by atoms with van der Waals surface area (Å²) in [6, 6.07) is 14.0. The Balaban J connectivity index is 2.42. The highest BCUT2D eigenvalue weighted by atomic mass is 31.1. The van der Waals surface area contributed by atoms with E-state index in [4.69, 9.17) is 4.20 Å². The number of hydrogen-bond acceptors (Lipinski definition) is 2. The van der Waals surface area contributed by atoms with Crippen LogP contribution in [0, 0.1) is 0 Å². The van der Waals surface area contributed by atoms with Crippen LogP contribution in [0.2, 0.25) is 0 Å². The van der Waals surface area contributed by atoms with Gasteiger partial charge in [0.25, 0.3) is 0 Å². The van der Waals surface area contributed by atoms with Crippen LogP contribution >= 0.6 is 7.65 Å². The highest BCUT2D eigenvalue weighted by Gasteiger charge is 2.21. The Hall–Kier alpha value is -1.66. The smallest absolute Gasteiger partial charge is 0.250 e. The van der Waals surface area contributed by atoms with Crippen LogP contribution in [-0.4, -0.2) is 0 Å². The zero-order chi connectivity index (χ0) is 14.3. The normalized spacial score (nSPS) is 13.1. The van der Waals surface area contributed by atoms with Crippen molar-refractivity contribution in [3.63, 3.8) is 0 Å². The monoisotopic (exact) mass is 285 g/mol. The first-order valence-corrected chi connectivity index (χ1v) is 8.10. The summed E-state index contributed by atoms with van der Waals surface area (Å²) in [5.74, 6) is 0. The molecule has 2 aromatic carbocycles. The van der Waals surface area contributed by atoms with E-state index in [0.717, 1.165) is 27.9 Å². The van der Waals surface area contributed by atoms with Crippen molar-refractivity contribution in [1.82, 2.24) is 0 Å². The molecule has 0 saturated heterocycles. The SMILES string of the molecule is CCC(C)(C)c1ccc2o[p+](=O)c3ccccc3c2c1. The van der Waals surface area contributed by atoms with Crippen LogP contribution in [0.3, 0.4) is 0 Å². The van der Waals surface area contributed by atoms with Crippen LogP contribution in [0.25, 0.3) is 21.5 Å². The van der Waals surface area contributed by atoms with E-state index in [2.05, 4.69) is 32.9 Å². The second-order valence-electron chi connectivity index (χ2n) is 5.81. The highest BCUT2D eigenvalue weighted by molar-refractivity contribution is 7.37. The molecule has 0 aliphatic heterocycles. The number of hydrogen-bond donors (Lipinski definition) is 0. The van der Waals surface area contributed by atoms with Crippen LogP contribution in [0.4, 0.5) is 0 Å². The van der Waals surface area contributed by atoms with Crippen molar-refractivity contribution >= 4 is 29.1 Å². The Labute approximate surface area is 119 Å². The lowest BCUT2D eigenvalue weighted by Crippen LogP contribution is -2.15. The van der Waals surface area contributed by atoms with Gasteiger partial charge in [0.15, 0.2) is 5.58 Å². The van der Waals surface area contributed by atoms with Crippen molar-refractivity contribution < 1.29 is 8.76 Å². The predicted octanol–water partition coefficient (Wildman–Crippen LogP) is 6.02. The second kappa shape index (κ2) is 4.71. The van der Waals surface area contributed by atoms with Gasteiger partial charge in [-0.15, -0.1) is 0 Å². The first-order chi connectivity index (χ1) is 9.53. The van der Waals surface area contributed by atoms with Crippen molar-refractivity contribution in [1.29, 1.82) is 0 Å². The van der Waals surface area contributed by atoms with Gasteiger partial charge in [0, 0.05) is 10.8 Å². The van der Waals surface area contributed by atoms with Gasteiger partial charge in [-0.1, -0.05) is 39.0 Å². The first-order valence-electron chi connectivity index (χ1n) is 6.92. The molecule has 0 N–H and O–H groups in total. The average molecular weight is 285 g/mol. The Morgan fingerprint density at radius 1 is 1.10 bits per heavy atom. The van der Waals surface area contributed by atoms with Crippen molar-refractivity contribution in [2.75, 3.05) is 0 Å². The molecule has 1 atom stereocenters.